The van der Waals surface area contributed by atoms with Gasteiger partial charge in [0.25, 0.3) is 0 Å². The summed E-state index contributed by atoms with van der Waals surface area (Å²) in [6, 6.07) is 3.89. The van der Waals surface area contributed by atoms with Crippen molar-refractivity contribution in [3.05, 3.63) is 53.9 Å². The Morgan fingerprint density at radius 3 is 2.67 bits per heavy atom. The van der Waals surface area contributed by atoms with Crippen molar-refractivity contribution in [2.75, 3.05) is 5.32 Å². The molecule has 0 amide bonds. The number of thiazole rings is 1. The van der Waals surface area contributed by atoms with Crippen LogP contribution in [0.15, 0.2) is 43.2 Å². The van der Waals surface area contributed by atoms with Crippen LogP contribution in [0.3, 0.4) is 0 Å². The van der Waals surface area contributed by atoms with Gasteiger partial charge in [-0.1, -0.05) is 0 Å². The summed E-state index contributed by atoms with van der Waals surface area (Å²) in [5.41, 5.74) is 4.67. The summed E-state index contributed by atoms with van der Waals surface area (Å²) in [5.74, 6) is 0.737. The van der Waals surface area contributed by atoms with Gasteiger partial charge in [-0.05, 0) is 26.0 Å². The first kappa shape index (κ1) is 14.6. The smallest absolute Gasteiger partial charge is 0.157 e. The number of aromatic nitrogens is 5. The highest BCUT2D eigenvalue weighted by Gasteiger charge is 2.14. The van der Waals surface area contributed by atoms with Crippen molar-refractivity contribution in [2.24, 2.45) is 0 Å². The Labute approximate surface area is 142 Å². The van der Waals surface area contributed by atoms with Gasteiger partial charge in [0.1, 0.15) is 11.8 Å². The van der Waals surface area contributed by atoms with Crippen LogP contribution in [0, 0.1) is 13.8 Å². The number of hydrogen-bond donors (Lipinski definition) is 1. The molecule has 0 aliphatic carbocycles. The number of aryl methyl sites for hydroxylation is 2. The summed E-state index contributed by atoms with van der Waals surface area (Å²) >= 11 is 1.64. The zero-order chi connectivity index (χ0) is 16.5. The molecular weight excluding hydrogens is 320 g/mol. The molecule has 0 unspecified atom stereocenters. The van der Waals surface area contributed by atoms with Crippen LogP contribution in [0.1, 0.15) is 10.7 Å². The molecule has 7 heteroatoms. The normalized spacial score (nSPS) is 10.9. The Morgan fingerprint density at radius 1 is 1.04 bits per heavy atom. The molecule has 0 aliphatic heterocycles. The summed E-state index contributed by atoms with van der Waals surface area (Å²) in [7, 11) is 0. The maximum atomic E-state index is 4.65. The van der Waals surface area contributed by atoms with Gasteiger partial charge in [-0.2, -0.15) is 0 Å². The molecule has 0 saturated carbocycles. The SMILES string of the molecule is Cc1cc(Nc2ncc(-c3cncnc3)c3sc(C)nc23)ccn1. The van der Waals surface area contributed by atoms with Crippen molar-refractivity contribution in [3.63, 3.8) is 0 Å². The molecule has 4 rings (SSSR count). The van der Waals surface area contributed by atoms with E-state index in [1.807, 2.05) is 32.2 Å². The average Bonchev–Trinajstić information content (AvgIpc) is 2.98. The third-order valence-corrected chi connectivity index (χ3v) is 4.56. The third-order valence-electron chi connectivity index (χ3n) is 3.56. The maximum absolute atomic E-state index is 4.65. The predicted molar refractivity (Wildman–Crippen MR) is 95.4 cm³/mol. The molecule has 4 heterocycles. The van der Waals surface area contributed by atoms with E-state index in [1.54, 1.807) is 29.9 Å². The van der Waals surface area contributed by atoms with E-state index in [1.165, 1.54) is 6.33 Å². The van der Waals surface area contributed by atoms with Crippen molar-refractivity contribution in [3.8, 4) is 11.1 Å². The molecule has 0 aromatic carbocycles. The molecule has 0 radical (unpaired) electrons. The van der Waals surface area contributed by atoms with E-state index in [4.69, 9.17) is 0 Å². The monoisotopic (exact) mass is 334 g/mol. The van der Waals surface area contributed by atoms with Crippen LogP contribution >= 0.6 is 11.3 Å². The van der Waals surface area contributed by atoms with Gasteiger partial charge in [-0.25, -0.2) is 19.9 Å². The van der Waals surface area contributed by atoms with Gasteiger partial charge in [0, 0.05) is 47.3 Å². The number of nitrogens with one attached hydrogen (secondary N) is 1. The van der Waals surface area contributed by atoms with Gasteiger partial charge < -0.3 is 5.32 Å². The summed E-state index contributed by atoms with van der Waals surface area (Å²) in [6.45, 7) is 3.95. The molecule has 0 atom stereocenters. The van der Waals surface area contributed by atoms with E-state index in [9.17, 15) is 0 Å². The molecule has 6 nitrogen and oxygen atoms in total. The Balaban J connectivity index is 1.84. The average molecular weight is 334 g/mol. The fourth-order valence-electron chi connectivity index (χ4n) is 2.51. The fraction of sp³-hybridized carbons (Fsp3) is 0.118. The first-order chi connectivity index (χ1) is 11.7. The van der Waals surface area contributed by atoms with Crippen LogP contribution < -0.4 is 5.32 Å². The number of fused-ring (bicyclic) bond motifs is 1. The largest absolute Gasteiger partial charge is 0.338 e. The Bertz CT molecular complexity index is 1010. The zero-order valence-electron chi connectivity index (χ0n) is 13.2. The first-order valence-electron chi connectivity index (χ1n) is 7.42. The highest BCUT2D eigenvalue weighted by Crippen LogP contribution is 2.35. The van der Waals surface area contributed by atoms with Crippen LogP contribution in [-0.4, -0.2) is 24.9 Å². The van der Waals surface area contributed by atoms with E-state index in [0.29, 0.717) is 0 Å². The number of pyridine rings is 2. The van der Waals surface area contributed by atoms with Gasteiger partial charge in [0.2, 0.25) is 0 Å². The summed E-state index contributed by atoms with van der Waals surface area (Å²) in [6.07, 6.45) is 8.72. The lowest BCUT2D eigenvalue weighted by Crippen LogP contribution is -1.96. The van der Waals surface area contributed by atoms with Gasteiger partial charge in [-0.15, -0.1) is 11.3 Å². The second kappa shape index (κ2) is 5.93. The molecule has 24 heavy (non-hydrogen) atoms. The lowest BCUT2D eigenvalue weighted by Gasteiger charge is -2.08. The van der Waals surface area contributed by atoms with Crippen molar-refractivity contribution < 1.29 is 0 Å². The Kier molecular flexibility index (Phi) is 3.62. The van der Waals surface area contributed by atoms with Gasteiger partial charge >= 0.3 is 0 Å². The van der Waals surface area contributed by atoms with Crippen LogP contribution in [0.2, 0.25) is 0 Å². The van der Waals surface area contributed by atoms with Crippen LogP contribution in [0.5, 0.6) is 0 Å². The topological polar surface area (TPSA) is 76.5 Å². The quantitative estimate of drug-likeness (QED) is 0.612. The molecule has 0 fully saturated rings. The molecule has 0 saturated heterocycles. The Morgan fingerprint density at radius 2 is 1.88 bits per heavy atom. The second-order valence-corrected chi connectivity index (χ2v) is 6.57. The van der Waals surface area contributed by atoms with Crippen LogP contribution in [0.25, 0.3) is 21.3 Å². The number of rotatable bonds is 3. The van der Waals surface area contributed by atoms with Crippen molar-refractivity contribution in [1.82, 2.24) is 24.9 Å². The predicted octanol–water partition coefficient (Wildman–Crippen LogP) is 3.90. The number of anilines is 2. The van der Waals surface area contributed by atoms with E-state index in [2.05, 4.69) is 30.2 Å². The zero-order valence-corrected chi connectivity index (χ0v) is 14.0. The summed E-state index contributed by atoms with van der Waals surface area (Å²) in [4.78, 5) is 21.6. The van der Waals surface area contributed by atoms with E-state index < -0.39 is 0 Å². The molecule has 0 bridgehead atoms. The minimum absolute atomic E-state index is 0.737. The molecular formula is C17H14N6S. The minimum Gasteiger partial charge on any atom is -0.338 e. The molecule has 1 N–H and O–H groups in total. The number of nitrogens with zero attached hydrogens (tertiary/aromatic N) is 5. The molecule has 118 valence electrons. The van der Waals surface area contributed by atoms with Crippen LogP contribution in [-0.2, 0) is 0 Å². The fourth-order valence-corrected chi connectivity index (χ4v) is 3.47. The van der Waals surface area contributed by atoms with Gasteiger partial charge in [0.15, 0.2) is 5.82 Å². The van der Waals surface area contributed by atoms with Crippen LogP contribution in [0.4, 0.5) is 11.5 Å². The third kappa shape index (κ3) is 2.69. The Hall–Kier alpha value is -2.93. The maximum Gasteiger partial charge on any atom is 0.157 e. The molecule has 4 aromatic rings. The van der Waals surface area contributed by atoms with E-state index in [0.717, 1.165) is 43.6 Å². The minimum atomic E-state index is 0.737. The summed E-state index contributed by atoms with van der Waals surface area (Å²) in [5, 5.41) is 4.33. The molecule has 4 aromatic heterocycles. The molecule has 0 spiro atoms. The molecule has 0 aliphatic rings. The van der Waals surface area contributed by atoms with Crippen molar-refractivity contribution >= 4 is 33.1 Å². The van der Waals surface area contributed by atoms with E-state index >= 15 is 0 Å². The second-order valence-electron chi connectivity index (χ2n) is 5.37. The summed E-state index contributed by atoms with van der Waals surface area (Å²) < 4.78 is 1.07. The standard InChI is InChI=1S/C17H14N6S/c1-10-5-13(3-4-20-10)23-17-15-16(24-11(2)22-15)14(8-21-17)12-6-18-9-19-7-12/h3-9H,1-2H3,(H,20,21,23). The van der Waals surface area contributed by atoms with Gasteiger partial charge in [-0.3, -0.25) is 4.98 Å². The van der Waals surface area contributed by atoms with Crippen molar-refractivity contribution in [1.29, 1.82) is 0 Å². The number of hydrogen-bond acceptors (Lipinski definition) is 7. The van der Waals surface area contributed by atoms with Crippen molar-refractivity contribution in [2.45, 2.75) is 13.8 Å². The first-order valence-corrected chi connectivity index (χ1v) is 8.23. The van der Waals surface area contributed by atoms with E-state index in [-0.39, 0.29) is 0 Å². The van der Waals surface area contributed by atoms with Gasteiger partial charge in [0.05, 0.1) is 9.71 Å². The highest BCUT2D eigenvalue weighted by atomic mass is 32.1. The lowest BCUT2D eigenvalue weighted by atomic mass is 10.1. The lowest BCUT2D eigenvalue weighted by molar-refractivity contribution is 1.17. The highest BCUT2D eigenvalue weighted by molar-refractivity contribution is 7.19.